The Kier molecular flexibility index (Phi) is 3.16. The molecule has 1 aromatic heterocycles. The summed E-state index contributed by atoms with van der Waals surface area (Å²) in [6.07, 6.45) is 5.90. The van der Waals surface area contributed by atoms with Crippen LogP contribution in [0.3, 0.4) is 0 Å². The van der Waals surface area contributed by atoms with Gasteiger partial charge in [-0.2, -0.15) is 0 Å². The topological polar surface area (TPSA) is 12.0 Å². The Bertz CT molecular complexity index is 578. The molecule has 2 saturated carbocycles. The van der Waals surface area contributed by atoms with Crippen LogP contribution in [0.5, 0.6) is 0 Å². The van der Waals surface area contributed by atoms with E-state index < -0.39 is 0 Å². The van der Waals surface area contributed by atoms with Gasteiger partial charge in [0, 0.05) is 22.8 Å². The minimum Gasteiger partial charge on any atom is -0.311 e. The largest absolute Gasteiger partial charge is 0.311 e. The zero-order valence-electron chi connectivity index (χ0n) is 11.8. The van der Waals surface area contributed by atoms with E-state index in [1.54, 1.807) is 0 Å². The van der Waals surface area contributed by atoms with Crippen LogP contribution in [0.1, 0.15) is 30.6 Å². The molecule has 1 nitrogen and oxygen atoms in total. The van der Waals surface area contributed by atoms with Crippen molar-refractivity contribution in [3.63, 3.8) is 0 Å². The highest BCUT2D eigenvalue weighted by molar-refractivity contribution is 7.15. The van der Waals surface area contributed by atoms with Gasteiger partial charge in [0.1, 0.15) is 0 Å². The monoisotopic (exact) mass is 283 g/mol. The van der Waals surface area contributed by atoms with Gasteiger partial charge < -0.3 is 5.32 Å². The molecule has 2 aliphatic rings. The van der Waals surface area contributed by atoms with Gasteiger partial charge in [-0.05, 0) is 54.7 Å². The Hall–Kier alpha value is -1.12. The fraction of sp³-hybridized carbons (Fsp3) is 0.444. The molecule has 4 rings (SSSR count). The van der Waals surface area contributed by atoms with Gasteiger partial charge in [-0.15, -0.1) is 11.3 Å². The Labute approximate surface area is 125 Å². The van der Waals surface area contributed by atoms with Crippen molar-refractivity contribution >= 4 is 11.3 Å². The summed E-state index contributed by atoms with van der Waals surface area (Å²) < 4.78 is 0. The van der Waals surface area contributed by atoms with Crippen molar-refractivity contribution in [2.45, 2.75) is 32.2 Å². The molecule has 2 fully saturated rings. The SMILES string of the molecule is c1ccc(-c2ccc(CNCC3(C4CC4)CC3)s2)cc1. The highest BCUT2D eigenvalue weighted by Gasteiger charge is 2.53. The van der Waals surface area contributed by atoms with E-state index in [0.29, 0.717) is 5.41 Å². The van der Waals surface area contributed by atoms with Crippen molar-refractivity contribution in [1.82, 2.24) is 5.32 Å². The summed E-state index contributed by atoms with van der Waals surface area (Å²) in [5.41, 5.74) is 2.04. The first-order chi connectivity index (χ1) is 9.86. The first-order valence-electron chi connectivity index (χ1n) is 7.71. The van der Waals surface area contributed by atoms with Crippen molar-refractivity contribution in [3.8, 4) is 10.4 Å². The van der Waals surface area contributed by atoms with Crippen molar-refractivity contribution in [1.29, 1.82) is 0 Å². The fourth-order valence-corrected chi connectivity index (χ4v) is 4.23. The van der Waals surface area contributed by atoms with Crippen LogP contribution in [0, 0.1) is 11.3 Å². The Balaban J connectivity index is 1.34. The normalized spacial score (nSPS) is 20.0. The second-order valence-corrected chi connectivity index (χ2v) is 7.54. The number of thiophene rings is 1. The lowest BCUT2D eigenvalue weighted by molar-refractivity contribution is 0.404. The number of hydrogen-bond donors (Lipinski definition) is 1. The fourth-order valence-electron chi connectivity index (χ4n) is 3.25. The van der Waals surface area contributed by atoms with Crippen LogP contribution in [0.25, 0.3) is 10.4 Å². The van der Waals surface area contributed by atoms with Gasteiger partial charge in [0.15, 0.2) is 0 Å². The molecule has 1 N–H and O–H groups in total. The lowest BCUT2D eigenvalue weighted by Crippen LogP contribution is -2.24. The molecule has 0 unspecified atom stereocenters. The molecular formula is C18H21NS. The average Bonchev–Trinajstić information content (AvgIpc) is 3.39. The molecule has 0 spiro atoms. The van der Waals surface area contributed by atoms with Gasteiger partial charge in [-0.25, -0.2) is 0 Å². The second kappa shape index (κ2) is 5.01. The summed E-state index contributed by atoms with van der Waals surface area (Å²) in [4.78, 5) is 2.83. The Morgan fingerprint density at radius 1 is 1.05 bits per heavy atom. The predicted octanol–water partition coefficient (Wildman–Crippen LogP) is 4.69. The minimum absolute atomic E-state index is 0.708. The number of hydrogen-bond acceptors (Lipinski definition) is 2. The molecule has 1 aromatic carbocycles. The Morgan fingerprint density at radius 2 is 1.85 bits per heavy atom. The predicted molar refractivity (Wildman–Crippen MR) is 85.9 cm³/mol. The number of nitrogens with one attached hydrogen (secondary N) is 1. The van der Waals surface area contributed by atoms with E-state index in [4.69, 9.17) is 0 Å². The Morgan fingerprint density at radius 3 is 2.55 bits per heavy atom. The van der Waals surface area contributed by atoms with Crippen LogP contribution in [0.2, 0.25) is 0 Å². The van der Waals surface area contributed by atoms with Crippen molar-refractivity contribution in [2.24, 2.45) is 11.3 Å². The summed E-state index contributed by atoms with van der Waals surface area (Å²) in [6.45, 7) is 2.27. The average molecular weight is 283 g/mol. The van der Waals surface area contributed by atoms with Crippen LogP contribution in [0.15, 0.2) is 42.5 Å². The first kappa shape index (κ1) is 12.6. The first-order valence-corrected chi connectivity index (χ1v) is 8.52. The van der Waals surface area contributed by atoms with Crippen molar-refractivity contribution in [3.05, 3.63) is 47.3 Å². The molecule has 20 heavy (non-hydrogen) atoms. The van der Waals surface area contributed by atoms with E-state index >= 15 is 0 Å². The van der Waals surface area contributed by atoms with E-state index in [1.165, 1.54) is 47.5 Å². The summed E-state index contributed by atoms with van der Waals surface area (Å²) in [7, 11) is 0. The summed E-state index contributed by atoms with van der Waals surface area (Å²) >= 11 is 1.92. The summed E-state index contributed by atoms with van der Waals surface area (Å²) in [6, 6.07) is 15.2. The van der Waals surface area contributed by atoms with E-state index in [9.17, 15) is 0 Å². The van der Waals surface area contributed by atoms with Gasteiger partial charge in [0.25, 0.3) is 0 Å². The maximum absolute atomic E-state index is 3.70. The highest BCUT2D eigenvalue weighted by Crippen LogP contribution is 2.60. The summed E-state index contributed by atoms with van der Waals surface area (Å²) in [5.74, 6) is 1.05. The van der Waals surface area contributed by atoms with Gasteiger partial charge in [0.05, 0.1) is 0 Å². The molecule has 0 bridgehead atoms. The molecular weight excluding hydrogens is 262 g/mol. The number of rotatable bonds is 6. The molecule has 2 heteroatoms. The van der Waals surface area contributed by atoms with Crippen LogP contribution < -0.4 is 5.32 Å². The standard InChI is InChI=1S/C18H21NS/c1-2-4-14(5-3-1)17-9-8-16(20-17)12-19-13-18(10-11-18)15-6-7-15/h1-5,8-9,15,19H,6-7,10-13H2. The van der Waals surface area contributed by atoms with Crippen LogP contribution in [0.4, 0.5) is 0 Å². The third-order valence-corrected chi connectivity index (χ3v) is 5.97. The maximum atomic E-state index is 3.70. The molecule has 0 aliphatic heterocycles. The lowest BCUT2D eigenvalue weighted by Gasteiger charge is -2.14. The van der Waals surface area contributed by atoms with E-state index in [0.717, 1.165) is 12.5 Å². The molecule has 104 valence electrons. The van der Waals surface area contributed by atoms with E-state index in [2.05, 4.69) is 47.8 Å². The van der Waals surface area contributed by atoms with Gasteiger partial charge >= 0.3 is 0 Å². The molecule has 2 aromatic rings. The third-order valence-electron chi connectivity index (χ3n) is 4.83. The summed E-state index contributed by atoms with van der Waals surface area (Å²) in [5, 5.41) is 3.70. The van der Waals surface area contributed by atoms with Crippen molar-refractivity contribution in [2.75, 3.05) is 6.54 Å². The maximum Gasteiger partial charge on any atom is 0.0346 e. The number of benzene rings is 1. The van der Waals surface area contributed by atoms with Gasteiger partial charge in [-0.1, -0.05) is 30.3 Å². The van der Waals surface area contributed by atoms with Crippen molar-refractivity contribution < 1.29 is 0 Å². The van der Waals surface area contributed by atoms with Gasteiger partial charge in [-0.3, -0.25) is 0 Å². The van der Waals surface area contributed by atoms with Gasteiger partial charge in [0.2, 0.25) is 0 Å². The quantitative estimate of drug-likeness (QED) is 0.810. The highest BCUT2D eigenvalue weighted by atomic mass is 32.1. The van der Waals surface area contributed by atoms with Crippen LogP contribution in [-0.2, 0) is 6.54 Å². The van der Waals surface area contributed by atoms with Crippen LogP contribution >= 0.6 is 11.3 Å². The smallest absolute Gasteiger partial charge is 0.0346 e. The van der Waals surface area contributed by atoms with E-state index in [-0.39, 0.29) is 0 Å². The zero-order chi connectivity index (χ0) is 13.4. The van der Waals surface area contributed by atoms with Crippen LogP contribution in [-0.4, -0.2) is 6.54 Å². The lowest BCUT2D eigenvalue weighted by atomic mass is 10.0. The molecule has 0 radical (unpaired) electrons. The minimum atomic E-state index is 0.708. The molecule has 0 amide bonds. The van der Waals surface area contributed by atoms with E-state index in [1.807, 2.05) is 11.3 Å². The molecule has 2 aliphatic carbocycles. The molecule has 0 saturated heterocycles. The zero-order valence-corrected chi connectivity index (χ0v) is 12.6. The second-order valence-electron chi connectivity index (χ2n) is 6.37. The molecule has 0 atom stereocenters. The molecule has 1 heterocycles. The third kappa shape index (κ3) is 2.55.